The number of furan rings is 1. The molecule has 0 aromatic carbocycles. The Hall–Kier alpha value is -1.34. The van der Waals surface area contributed by atoms with Crippen LogP contribution in [0.5, 0.6) is 0 Å². The number of aromatic carboxylic acids is 1. The minimum Gasteiger partial charge on any atom is -0.478 e. The highest BCUT2D eigenvalue weighted by atomic mass is 32.2. The van der Waals surface area contributed by atoms with Gasteiger partial charge in [0.25, 0.3) is 0 Å². The van der Waals surface area contributed by atoms with Gasteiger partial charge in [0.2, 0.25) is 10.0 Å². The second-order valence-electron chi connectivity index (χ2n) is 5.93. The van der Waals surface area contributed by atoms with Crippen molar-refractivity contribution in [3.63, 3.8) is 0 Å². The number of carbonyl (C=O) groups is 1. The van der Waals surface area contributed by atoms with Gasteiger partial charge in [-0.05, 0) is 26.2 Å². The van der Waals surface area contributed by atoms with Crippen LogP contribution in [0.1, 0.15) is 49.6 Å². The van der Waals surface area contributed by atoms with Crippen LogP contribution in [0.2, 0.25) is 0 Å². The molecule has 0 bridgehead atoms. The fourth-order valence-corrected chi connectivity index (χ4v) is 3.56. The topological polar surface area (TPSA) is 96.6 Å². The van der Waals surface area contributed by atoms with E-state index in [9.17, 15) is 13.2 Å². The molecule has 1 heterocycles. The van der Waals surface area contributed by atoms with E-state index in [4.69, 9.17) is 9.52 Å². The minimum absolute atomic E-state index is 0.0773. The van der Waals surface area contributed by atoms with Crippen LogP contribution in [-0.4, -0.2) is 25.5 Å². The number of rotatable bonds is 4. The van der Waals surface area contributed by atoms with Crippen molar-refractivity contribution < 1.29 is 22.7 Å². The zero-order valence-electron chi connectivity index (χ0n) is 12.6. The van der Waals surface area contributed by atoms with E-state index in [0.717, 1.165) is 0 Å². The fraction of sp³-hybridized carbons (Fsp3) is 0.615. The normalized spacial score (nSPS) is 14.3. The van der Waals surface area contributed by atoms with Gasteiger partial charge in [-0.25, -0.2) is 17.9 Å². The van der Waals surface area contributed by atoms with Gasteiger partial charge in [0.15, 0.2) is 0 Å². The van der Waals surface area contributed by atoms with Crippen LogP contribution < -0.4 is 4.72 Å². The van der Waals surface area contributed by atoms with Gasteiger partial charge in [0.05, 0.1) is 0 Å². The largest absolute Gasteiger partial charge is 0.478 e. The molecule has 0 saturated carbocycles. The third-order valence-corrected chi connectivity index (χ3v) is 5.01. The average molecular weight is 303 g/mol. The zero-order chi connectivity index (χ0) is 15.9. The summed E-state index contributed by atoms with van der Waals surface area (Å²) < 4.78 is 32.5. The van der Waals surface area contributed by atoms with Crippen LogP contribution in [0.15, 0.2) is 9.31 Å². The lowest BCUT2D eigenvalue weighted by Crippen LogP contribution is -2.41. The fourth-order valence-electron chi connectivity index (χ4n) is 1.70. The molecule has 114 valence electrons. The summed E-state index contributed by atoms with van der Waals surface area (Å²) in [6.07, 6.45) is 0. The molecule has 1 atom stereocenters. The SMILES string of the molecule is Cc1oc(C)c(S(=O)(=O)NC(C)C(C)(C)C)c1C(=O)O. The molecule has 1 unspecified atom stereocenters. The van der Waals surface area contributed by atoms with Crippen LogP contribution in [0.3, 0.4) is 0 Å². The van der Waals surface area contributed by atoms with Crippen molar-refractivity contribution in [2.24, 2.45) is 5.41 Å². The Labute approximate surface area is 119 Å². The quantitative estimate of drug-likeness (QED) is 0.889. The van der Waals surface area contributed by atoms with E-state index in [-0.39, 0.29) is 33.4 Å². The maximum absolute atomic E-state index is 12.4. The highest BCUT2D eigenvalue weighted by Gasteiger charge is 2.33. The van der Waals surface area contributed by atoms with Gasteiger partial charge in [-0.15, -0.1) is 0 Å². The first-order valence-corrected chi connectivity index (χ1v) is 7.72. The molecule has 0 aliphatic heterocycles. The number of nitrogens with one attached hydrogen (secondary N) is 1. The first-order chi connectivity index (χ1) is 8.88. The molecule has 0 radical (unpaired) electrons. The molecule has 7 heteroatoms. The smallest absolute Gasteiger partial charge is 0.340 e. The Morgan fingerprint density at radius 3 is 2.15 bits per heavy atom. The summed E-state index contributed by atoms with van der Waals surface area (Å²) in [6, 6.07) is -0.358. The number of aryl methyl sites for hydroxylation is 2. The van der Waals surface area contributed by atoms with Crippen molar-refractivity contribution in [2.75, 3.05) is 0 Å². The maximum atomic E-state index is 12.4. The monoisotopic (exact) mass is 303 g/mol. The molecule has 1 aromatic heterocycles. The predicted octanol–water partition coefficient (Wildman–Crippen LogP) is 2.31. The number of carboxylic acid groups (broad SMARTS) is 1. The molecule has 0 spiro atoms. The Bertz CT molecular complexity index is 622. The number of hydrogen-bond acceptors (Lipinski definition) is 4. The van der Waals surface area contributed by atoms with Crippen LogP contribution in [-0.2, 0) is 10.0 Å². The summed E-state index contributed by atoms with van der Waals surface area (Å²) in [4.78, 5) is 10.9. The van der Waals surface area contributed by atoms with Crippen molar-refractivity contribution in [1.29, 1.82) is 0 Å². The minimum atomic E-state index is -3.95. The second-order valence-corrected chi connectivity index (χ2v) is 7.58. The number of sulfonamides is 1. The summed E-state index contributed by atoms with van der Waals surface area (Å²) in [5, 5.41) is 9.16. The van der Waals surface area contributed by atoms with Crippen LogP contribution in [0.4, 0.5) is 0 Å². The van der Waals surface area contributed by atoms with Crippen LogP contribution >= 0.6 is 0 Å². The van der Waals surface area contributed by atoms with Gasteiger partial charge in [0, 0.05) is 6.04 Å². The number of hydrogen-bond donors (Lipinski definition) is 2. The maximum Gasteiger partial charge on any atom is 0.340 e. The molecule has 0 saturated heterocycles. The van der Waals surface area contributed by atoms with E-state index < -0.39 is 16.0 Å². The van der Waals surface area contributed by atoms with Crippen molar-refractivity contribution in [3.05, 3.63) is 17.1 Å². The van der Waals surface area contributed by atoms with E-state index in [1.165, 1.54) is 13.8 Å². The summed E-state index contributed by atoms with van der Waals surface area (Å²) in [5.74, 6) is -1.16. The van der Waals surface area contributed by atoms with Gasteiger partial charge >= 0.3 is 5.97 Å². The third-order valence-electron chi connectivity index (χ3n) is 3.32. The van der Waals surface area contributed by atoms with E-state index in [0.29, 0.717) is 0 Å². The Morgan fingerprint density at radius 1 is 1.25 bits per heavy atom. The molecule has 0 amide bonds. The Kier molecular flexibility index (Phi) is 4.36. The molecule has 0 aliphatic carbocycles. The predicted molar refractivity (Wildman–Crippen MR) is 74.4 cm³/mol. The van der Waals surface area contributed by atoms with Gasteiger partial charge in [-0.2, -0.15) is 0 Å². The van der Waals surface area contributed by atoms with Crippen molar-refractivity contribution >= 4 is 16.0 Å². The molecule has 1 aromatic rings. The zero-order valence-corrected chi connectivity index (χ0v) is 13.4. The van der Waals surface area contributed by atoms with Gasteiger partial charge < -0.3 is 9.52 Å². The van der Waals surface area contributed by atoms with E-state index >= 15 is 0 Å². The molecular weight excluding hydrogens is 282 g/mol. The summed E-state index contributed by atoms with van der Waals surface area (Å²) >= 11 is 0. The van der Waals surface area contributed by atoms with Crippen LogP contribution in [0.25, 0.3) is 0 Å². The molecule has 2 N–H and O–H groups in total. The highest BCUT2D eigenvalue weighted by molar-refractivity contribution is 7.89. The average Bonchev–Trinajstić information content (AvgIpc) is 2.51. The Balaban J connectivity index is 3.34. The standard InChI is InChI=1S/C13H21NO5S/c1-7-10(12(15)16)11(8(2)19-7)20(17,18)14-9(3)13(4,5)6/h9,14H,1-6H3,(H,15,16). The first-order valence-electron chi connectivity index (χ1n) is 6.23. The van der Waals surface area contributed by atoms with Gasteiger partial charge in [-0.1, -0.05) is 20.8 Å². The Morgan fingerprint density at radius 2 is 1.75 bits per heavy atom. The third kappa shape index (κ3) is 3.21. The highest BCUT2D eigenvalue weighted by Crippen LogP contribution is 2.28. The molecule has 20 heavy (non-hydrogen) atoms. The molecule has 0 fully saturated rings. The van der Waals surface area contributed by atoms with E-state index in [2.05, 4.69) is 4.72 Å². The molecule has 0 aliphatic rings. The summed E-state index contributed by atoms with van der Waals surface area (Å²) in [6.45, 7) is 10.3. The first kappa shape index (κ1) is 16.7. The molecule has 1 rings (SSSR count). The molecule has 6 nitrogen and oxygen atoms in total. The summed E-state index contributed by atoms with van der Waals surface area (Å²) in [7, 11) is -3.95. The lowest BCUT2D eigenvalue weighted by molar-refractivity contribution is 0.0691. The van der Waals surface area contributed by atoms with Crippen LogP contribution in [0, 0.1) is 19.3 Å². The second kappa shape index (κ2) is 5.21. The number of carboxylic acids is 1. The van der Waals surface area contributed by atoms with Crippen molar-refractivity contribution in [2.45, 2.75) is 52.5 Å². The van der Waals surface area contributed by atoms with E-state index in [1.807, 2.05) is 20.8 Å². The van der Waals surface area contributed by atoms with E-state index in [1.54, 1.807) is 6.92 Å². The lowest BCUT2D eigenvalue weighted by Gasteiger charge is -2.27. The van der Waals surface area contributed by atoms with Gasteiger partial charge in [-0.3, -0.25) is 0 Å². The van der Waals surface area contributed by atoms with Crippen molar-refractivity contribution in [1.82, 2.24) is 4.72 Å². The summed E-state index contributed by atoms with van der Waals surface area (Å²) in [5.41, 5.74) is -0.598. The van der Waals surface area contributed by atoms with Gasteiger partial charge in [0.1, 0.15) is 22.0 Å². The molecular formula is C13H21NO5S. The lowest BCUT2D eigenvalue weighted by atomic mass is 9.89. The van der Waals surface area contributed by atoms with Crippen molar-refractivity contribution in [3.8, 4) is 0 Å².